The van der Waals surface area contributed by atoms with Gasteiger partial charge in [-0.1, -0.05) is 13.8 Å². The molecule has 1 rings (SSSR count). The van der Waals surface area contributed by atoms with Gasteiger partial charge in [-0.15, -0.1) is 11.8 Å². The average Bonchev–Trinajstić information content (AvgIpc) is 2.26. The van der Waals surface area contributed by atoms with Gasteiger partial charge in [-0.25, -0.2) is 0 Å². The second kappa shape index (κ2) is 5.67. The molecule has 0 N–H and O–H groups in total. The lowest BCUT2D eigenvalue weighted by atomic mass is 10.0. The van der Waals surface area contributed by atoms with Gasteiger partial charge in [-0.3, -0.25) is 0 Å². The molecule has 0 aliphatic heterocycles. The Balaban J connectivity index is 2.99. The number of nitriles is 1. The van der Waals surface area contributed by atoms with E-state index in [9.17, 15) is 0 Å². The first-order valence-electron chi connectivity index (χ1n) is 4.86. The smallest absolute Gasteiger partial charge is 0.119 e. The lowest BCUT2D eigenvalue weighted by Gasteiger charge is -2.12. The fourth-order valence-corrected chi connectivity index (χ4v) is 2.19. The van der Waals surface area contributed by atoms with Gasteiger partial charge in [0.15, 0.2) is 0 Å². The van der Waals surface area contributed by atoms with Crippen LogP contribution in [0.15, 0.2) is 23.1 Å². The molecule has 0 unspecified atom stereocenters. The highest BCUT2D eigenvalue weighted by Gasteiger charge is 2.08. The predicted molar refractivity (Wildman–Crippen MR) is 63.4 cm³/mol. The normalized spacial score (nSPS) is 10.1. The zero-order valence-electron chi connectivity index (χ0n) is 9.28. The van der Waals surface area contributed by atoms with Gasteiger partial charge in [0.1, 0.15) is 5.75 Å². The summed E-state index contributed by atoms with van der Waals surface area (Å²) in [7, 11) is 1.67. The summed E-state index contributed by atoms with van der Waals surface area (Å²) < 4.78 is 5.19. The number of hydrogen-bond donors (Lipinski definition) is 0. The molecule has 3 heteroatoms. The number of thioether (sulfide) groups is 1. The third-order valence-corrected chi connectivity index (χ3v) is 3.09. The minimum atomic E-state index is 0.446. The SMILES string of the molecule is COc1ccc(SCC#N)c(C(C)C)c1. The van der Waals surface area contributed by atoms with E-state index in [4.69, 9.17) is 10.00 Å². The lowest BCUT2D eigenvalue weighted by molar-refractivity contribution is 0.413. The van der Waals surface area contributed by atoms with Gasteiger partial charge >= 0.3 is 0 Å². The Morgan fingerprint density at radius 1 is 1.47 bits per heavy atom. The summed E-state index contributed by atoms with van der Waals surface area (Å²) in [4.78, 5) is 1.17. The molecule has 0 heterocycles. The van der Waals surface area contributed by atoms with Gasteiger partial charge in [0, 0.05) is 4.90 Å². The van der Waals surface area contributed by atoms with Crippen molar-refractivity contribution in [1.29, 1.82) is 5.26 Å². The molecule has 0 saturated carbocycles. The van der Waals surface area contributed by atoms with Gasteiger partial charge in [0.2, 0.25) is 0 Å². The summed E-state index contributed by atoms with van der Waals surface area (Å²) in [6, 6.07) is 8.15. The van der Waals surface area contributed by atoms with Crippen LogP contribution in [-0.4, -0.2) is 12.9 Å². The molecule has 0 aliphatic carbocycles. The minimum Gasteiger partial charge on any atom is -0.497 e. The maximum Gasteiger partial charge on any atom is 0.119 e. The number of rotatable bonds is 4. The highest BCUT2D eigenvalue weighted by molar-refractivity contribution is 7.99. The van der Waals surface area contributed by atoms with Crippen LogP contribution in [0.4, 0.5) is 0 Å². The minimum absolute atomic E-state index is 0.446. The Morgan fingerprint density at radius 2 is 2.20 bits per heavy atom. The molecule has 0 fully saturated rings. The fourth-order valence-electron chi connectivity index (χ4n) is 1.35. The second-order valence-corrected chi connectivity index (χ2v) is 4.52. The molecular formula is C12H15NOS. The Kier molecular flexibility index (Phi) is 4.51. The summed E-state index contributed by atoms with van der Waals surface area (Å²) in [6.45, 7) is 4.29. The summed E-state index contributed by atoms with van der Waals surface area (Å²) in [5.74, 6) is 1.81. The monoisotopic (exact) mass is 221 g/mol. The molecule has 1 aromatic carbocycles. The standard InChI is InChI=1S/C12H15NOS/c1-9(2)11-8-10(14-3)4-5-12(11)15-7-6-13/h4-5,8-9H,7H2,1-3H3. The number of ether oxygens (including phenoxy) is 1. The fraction of sp³-hybridized carbons (Fsp3) is 0.417. The maximum atomic E-state index is 8.56. The topological polar surface area (TPSA) is 33.0 Å². The molecule has 0 bridgehead atoms. The largest absolute Gasteiger partial charge is 0.497 e. The molecule has 80 valence electrons. The van der Waals surface area contributed by atoms with E-state index in [0.29, 0.717) is 11.7 Å². The first kappa shape index (κ1) is 11.9. The van der Waals surface area contributed by atoms with Crippen LogP contribution in [0.2, 0.25) is 0 Å². The molecule has 0 aromatic heterocycles. The van der Waals surface area contributed by atoms with Gasteiger partial charge in [0.05, 0.1) is 18.9 Å². The first-order valence-corrected chi connectivity index (χ1v) is 5.85. The van der Waals surface area contributed by atoms with E-state index in [1.165, 1.54) is 10.5 Å². The number of methoxy groups -OCH3 is 1. The van der Waals surface area contributed by atoms with Crippen LogP contribution < -0.4 is 4.74 Å². The van der Waals surface area contributed by atoms with Crippen LogP contribution in [0.3, 0.4) is 0 Å². The van der Waals surface area contributed by atoms with Crippen molar-refractivity contribution in [2.75, 3.05) is 12.9 Å². The molecule has 15 heavy (non-hydrogen) atoms. The van der Waals surface area contributed by atoms with Crippen molar-refractivity contribution in [3.05, 3.63) is 23.8 Å². The quantitative estimate of drug-likeness (QED) is 0.730. The second-order valence-electron chi connectivity index (χ2n) is 3.51. The molecule has 1 aromatic rings. The number of benzene rings is 1. The third-order valence-electron chi connectivity index (χ3n) is 2.13. The van der Waals surface area contributed by atoms with Gasteiger partial charge in [-0.2, -0.15) is 5.26 Å². The zero-order chi connectivity index (χ0) is 11.3. The van der Waals surface area contributed by atoms with E-state index < -0.39 is 0 Å². The molecule has 0 saturated heterocycles. The Labute approximate surface area is 95.3 Å². The van der Waals surface area contributed by atoms with Gasteiger partial charge in [0.25, 0.3) is 0 Å². The van der Waals surface area contributed by atoms with Crippen molar-refractivity contribution in [2.24, 2.45) is 0 Å². The molecular weight excluding hydrogens is 206 g/mol. The molecule has 0 atom stereocenters. The van der Waals surface area contributed by atoms with Crippen molar-refractivity contribution in [3.63, 3.8) is 0 Å². The number of hydrogen-bond acceptors (Lipinski definition) is 3. The summed E-state index contributed by atoms with van der Waals surface area (Å²) >= 11 is 1.58. The summed E-state index contributed by atoms with van der Waals surface area (Å²) in [6.07, 6.45) is 0. The average molecular weight is 221 g/mol. The Bertz CT molecular complexity index is 368. The third kappa shape index (κ3) is 3.17. The molecule has 0 amide bonds. The van der Waals surface area contributed by atoms with Crippen LogP contribution in [0.5, 0.6) is 5.75 Å². The van der Waals surface area contributed by atoms with E-state index in [1.807, 2.05) is 18.2 Å². The predicted octanol–water partition coefficient (Wildman–Crippen LogP) is 3.43. The van der Waals surface area contributed by atoms with Crippen LogP contribution >= 0.6 is 11.8 Å². The first-order chi connectivity index (χ1) is 7.19. The number of nitrogens with zero attached hydrogens (tertiary/aromatic N) is 1. The van der Waals surface area contributed by atoms with Crippen molar-refractivity contribution in [1.82, 2.24) is 0 Å². The Hall–Kier alpha value is -1.14. The highest BCUT2D eigenvalue weighted by atomic mass is 32.2. The summed E-state index contributed by atoms with van der Waals surface area (Å²) in [5, 5.41) is 8.56. The van der Waals surface area contributed by atoms with Crippen LogP contribution in [0.25, 0.3) is 0 Å². The van der Waals surface area contributed by atoms with Crippen LogP contribution in [0.1, 0.15) is 25.3 Å². The zero-order valence-corrected chi connectivity index (χ0v) is 10.1. The van der Waals surface area contributed by atoms with Crippen LogP contribution in [0, 0.1) is 11.3 Å². The van der Waals surface area contributed by atoms with Crippen molar-refractivity contribution < 1.29 is 4.74 Å². The summed E-state index contributed by atoms with van der Waals surface area (Å²) in [5.41, 5.74) is 1.25. The molecule has 0 aliphatic rings. The van der Waals surface area contributed by atoms with E-state index in [-0.39, 0.29) is 0 Å². The molecule has 0 radical (unpaired) electrons. The lowest BCUT2D eigenvalue weighted by Crippen LogP contribution is -1.93. The van der Waals surface area contributed by atoms with Crippen LogP contribution in [-0.2, 0) is 0 Å². The maximum absolute atomic E-state index is 8.56. The molecule has 2 nitrogen and oxygen atoms in total. The van der Waals surface area contributed by atoms with E-state index in [2.05, 4.69) is 19.9 Å². The van der Waals surface area contributed by atoms with E-state index in [0.717, 1.165) is 5.75 Å². The van der Waals surface area contributed by atoms with Crippen molar-refractivity contribution >= 4 is 11.8 Å². The van der Waals surface area contributed by atoms with Crippen molar-refractivity contribution in [3.8, 4) is 11.8 Å². The van der Waals surface area contributed by atoms with Gasteiger partial charge in [-0.05, 0) is 29.7 Å². The Morgan fingerprint density at radius 3 is 2.73 bits per heavy atom. The molecule has 0 spiro atoms. The van der Waals surface area contributed by atoms with Gasteiger partial charge < -0.3 is 4.74 Å². The highest BCUT2D eigenvalue weighted by Crippen LogP contribution is 2.31. The van der Waals surface area contributed by atoms with E-state index in [1.54, 1.807) is 18.9 Å². The van der Waals surface area contributed by atoms with E-state index >= 15 is 0 Å². The van der Waals surface area contributed by atoms with Crippen molar-refractivity contribution in [2.45, 2.75) is 24.7 Å².